The molecule has 0 spiro atoms. The number of amides is 2. The summed E-state index contributed by atoms with van der Waals surface area (Å²) in [5.41, 5.74) is 3.48. The maximum absolute atomic E-state index is 12.2. The maximum Gasteiger partial charge on any atom is 0.265 e. The van der Waals surface area contributed by atoms with E-state index in [1.165, 1.54) is 23.0 Å². The van der Waals surface area contributed by atoms with Crippen LogP contribution < -0.4 is 10.6 Å². The third-order valence-electron chi connectivity index (χ3n) is 4.16. The maximum atomic E-state index is 12.2. The van der Waals surface area contributed by atoms with Crippen molar-refractivity contribution in [2.24, 2.45) is 0 Å². The van der Waals surface area contributed by atoms with Gasteiger partial charge < -0.3 is 10.6 Å². The van der Waals surface area contributed by atoms with Gasteiger partial charge in [0.25, 0.3) is 5.91 Å². The molecule has 0 aliphatic carbocycles. The van der Waals surface area contributed by atoms with E-state index in [4.69, 9.17) is 0 Å². The Morgan fingerprint density at radius 1 is 0.929 bits per heavy atom. The van der Waals surface area contributed by atoms with E-state index < -0.39 is 0 Å². The molecule has 0 saturated carbocycles. The number of thiophene rings is 1. The predicted molar refractivity (Wildman–Crippen MR) is 117 cm³/mol. The van der Waals surface area contributed by atoms with Gasteiger partial charge in [-0.2, -0.15) is 0 Å². The molecule has 3 rings (SSSR count). The lowest BCUT2D eigenvalue weighted by Gasteiger charge is -2.07. The molecule has 0 bridgehead atoms. The van der Waals surface area contributed by atoms with Gasteiger partial charge in [-0.05, 0) is 52.8 Å². The first kappa shape index (κ1) is 19.6. The lowest BCUT2D eigenvalue weighted by atomic mass is 10.0. The summed E-state index contributed by atoms with van der Waals surface area (Å²) >= 11 is 1.38. The van der Waals surface area contributed by atoms with E-state index in [0.717, 1.165) is 5.56 Å². The average molecular weight is 391 g/mol. The second-order valence-electron chi connectivity index (χ2n) is 6.66. The molecular weight excluding hydrogens is 368 g/mol. The fourth-order valence-corrected chi connectivity index (χ4v) is 3.24. The largest absolute Gasteiger partial charge is 0.322 e. The van der Waals surface area contributed by atoms with Crippen LogP contribution in [0.15, 0.2) is 72.1 Å². The molecule has 1 aromatic heterocycles. The van der Waals surface area contributed by atoms with Gasteiger partial charge in [0.15, 0.2) is 0 Å². The minimum absolute atomic E-state index is 0.164. The highest BCUT2D eigenvalue weighted by molar-refractivity contribution is 7.12. The molecule has 28 heavy (non-hydrogen) atoms. The van der Waals surface area contributed by atoms with Crippen LogP contribution in [0.3, 0.4) is 0 Å². The van der Waals surface area contributed by atoms with Gasteiger partial charge >= 0.3 is 0 Å². The molecule has 0 fully saturated rings. The van der Waals surface area contributed by atoms with E-state index in [0.29, 0.717) is 22.2 Å². The molecule has 2 N–H and O–H groups in total. The Morgan fingerprint density at radius 3 is 2.29 bits per heavy atom. The first-order valence-electron chi connectivity index (χ1n) is 9.05. The summed E-state index contributed by atoms with van der Waals surface area (Å²) in [6, 6.07) is 18.8. The molecule has 142 valence electrons. The van der Waals surface area contributed by atoms with Crippen LogP contribution in [0.2, 0.25) is 0 Å². The SMILES string of the molecule is CC(C)c1ccc(/C=C/C(=O)Nc2cccc(NC(=O)c3cccs3)c2)cc1. The van der Waals surface area contributed by atoms with Crippen LogP contribution in [0, 0.1) is 0 Å². The zero-order chi connectivity index (χ0) is 19.9. The Kier molecular flexibility index (Phi) is 6.40. The molecule has 1 heterocycles. The monoisotopic (exact) mass is 390 g/mol. The zero-order valence-electron chi connectivity index (χ0n) is 15.8. The molecule has 0 unspecified atom stereocenters. The van der Waals surface area contributed by atoms with Crippen LogP contribution in [0.5, 0.6) is 0 Å². The second-order valence-corrected chi connectivity index (χ2v) is 7.60. The zero-order valence-corrected chi connectivity index (χ0v) is 16.6. The van der Waals surface area contributed by atoms with E-state index in [1.54, 1.807) is 36.4 Å². The molecule has 0 radical (unpaired) electrons. The van der Waals surface area contributed by atoms with Crippen LogP contribution in [-0.2, 0) is 4.79 Å². The number of anilines is 2. The molecule has 2 amide bonds. The fourth-order valence-electron chi connectivity index (χ4n) is 2.62. The van der Waals surface area contributed by atoms with Crippen molar-refractivity contribution in [3.05, 3.63) is 88.1 Å². The summed E-state index contributed by atoms with van der Waals surface area (Å²) in [7, 11) is 0. The van der Waals surface area contributed by atoms with E-state index in [1.807, 2.05) is 23.6 Å². The van der Waals surface area contributed by atoms with E-state index in [9.17, 15) is 9.59 Å². The number of carbonyl (C=O) groups excluding carboxylic acids is 2. The van der Waals surface area contributed by atoms with Crippen molar-refractivity contribution in [2.45, 2.75) is 19.8 Å². The Hall–Kier alpha value is -3.18. The van der Waals surface area contributed by atoms with Gasteiger partial charge in [-0.1, -0.05) is 50.2 Å². The average Bonchev–Trinajstić information content (AvgIpc) is 3.22. The van der Waals surface area contributed by atoms with Crippen LogP contribution >= 0.6 is 11.3 Å². The number of hydrogen-bond donors (Lipinski definition) is 2. The lowest BCUT2D eigenvalue weighted by Crippen LogP contribution is -2.11. The second kappa shape index (κ2) is 9.15. The van der Waals surface area contributed by atoms with Gasteiger partial charge in [0.1, 0.15) is 0 Å². The normalized spacial score (nSPS) is 11.0. The van der Waals surface area contributed by atoms with Crippen molar-refractivity contribution in [1.29, 1.82) is 0 Å². The number of hydrogen-bond acceptors (Lipinski definition) is 3. The van der Waals surface area contributed by atoms with E-state index in [2.05, 4.69) is 36.6 Å². The summed E-state index contributed by atoms with van der Waals surface area (Å²) in [6.07, 6.45) is 3.28. The molecular formula is C23H22N2O2S. The Morgan fingerprint density at radius 2 is 1.64 bits per heavy atom. The van der Waals surface area contributed by atoms with Crippen molar-refractivity contribution < 1.29 is 9.59 Å². The Bertz CT molecular complexity index is 974. The van der Waals surface area contributed by atoms with Gasteiger partial charge in [0, 0.05) is 17.5 Å². The number of benzene rings is 2. The summed E-state index contributed by atoms with van der Waals surface area (Å²) in [4.78, 5) is 25.0. The van der Waals surface area contributed by atoms with Gasteiger partial charge in [0.2, 0.25) is 5.91 Å². The third-order valence-corrected chi connectivity index (χ3v) is 5.03. The van der Waals surface area contributed by atoms with E-state index in [-0.39, 0.29) is 11.8 Å². The molecule has 2 aromatic carbocycles. The molecule has 0 aliphatic rings. The predicted octanol–water partition coefficient (Wildman–Crippen LogP) is 5.78. The van der Waals surface area contributed by atoms with E-state index >= 15 is 0 Å². The highest BCUT2D eigenvalue weighted by atomic mass is 32.1. The Balaban J connectivity index is 1.60. The van der Waals surface area contributed by atoms with Crippen molar-refractivity contribution in [3.63, 3.8) is 0 Å². The first-order chi connectivity index (χ1) is 13.5. The molecule has 0 aliphatic heterocycles. The molecule has 5 heteroatoms. The highest BCUT2D eigenvalue weighted by Crippen LogP contribution is 2.18. The third kappa shape index (κ3) is 5.41. The summed E-state index contributed by atoms with van der Waals surface area (Å²) in [5.74, 6) is 0.0896. The van der Waals surface area contributed by atoms with Gasteiger partial charge in [-0.3, -0.25) is 9.59 Å². The van der Waals surface area contributed by atoms with Crippen LogP contribution in [0.25, 0.3) is 6.08 Å². The van der Waals surface area contributed by atoms with Crippen LogP contribution in [0.4, 0.5) is 11.4 Å². The summed E-state index contributed by atoms with van der Waals surface area (Å²) in [6.45, 7) is 4.30. The fraction of sp³-hybridized carbons (Fsp3) is 0.130. The first-order valence-corrected chi connectivity index (χ1v) is 9.93. The molecule has 0 atom stereocenters. The minimum Gasteiger partial charge on any atom is -0.322 e. The topological polar surface area (TPSA) is 58.2 Å². The van der Waals surface area contributed by atoms with Crippen molar-refractivity contribution in [3.8, 4) is 0 Å². The van der Waals surface area contributed by atoms with Crippen LogP contribution in [-0.4, -0.2) is 11.8 Å². The summed E-state index contributed by atoms with van der Waals surface area (Å²) < 4.78 is 0. The minimum atomic E-state index is -0.227. The lowest BCUT2D eigenvalue weighted by molar-refractivity contribution is -0.111. The quantitative estimate of drug-likeness (QED) is 0.525. The van der Waals surface area contributed by atoms with Crippen molar-refractivity contribution in [2.75, 3.05) is 10.6 Å². The van der Waals surface area contributed by atoms with Crippen LogP contribution in [0.1, 0.15) is 40.6 Å². The number of nitrogens with one attached hydrogen (secondary N) is 2. The standard InChI is InChI=1S/C23H22N2O2S/c1-16(2)18-11-8-17(9-12-18)10-13-22(26)24-19-5-3-6-20(15-19)25-23(27)21-7-4-14-28-21/h3-16H,1-2H3,(H,24,26)(H,25,27)/b13-10+. The summed E-state index contributed by atoms with van der Waals surface area (Å²) in [5, 5.41) is 7.50. The Labute approximate surface area is 168 Å². The van der Waals surface area contributed by atoms with Crippen molar-refractivity contribution >= 4 is 40.6 Å². The smallest absolute Gasteiger partial charge is 0.265 e. The molecule has 4 nitrogen and oxygen atoms in total. The molecule has 0 saturated heterocycles. The number of carbonyl (C=O) groups is 2. The van der Waals surface area contributed by atoms with Crippen molar-refractivity contribution in [1.82, 2.24) is 0 Å². The highest BCUT2D eigenvalue weighted by Gasteiger charge is 2.07. The molecule has 3 aromatic rings. The van der Waals surface area contributed by atoms with Gasteiger partial charge in [-0.15, -0.1) is 11.3 Å². The number of rotatable bonds is 6. The van der Waals surface area contributed by atoms with Gasteiger partial charge in [-0.25, -0.2) is 0 Å². The van der Waals surface area contributed by atoms with Gasteiger partial charge in [0.05, 0.1) is 4.88 Å².